The van der Waals surface area contributed by atoms with E-state index in [0.29, 0.717) is 30.5 Å². The van der Waals surface area contributed by atoms with Gasteiger partial charge in [0.2, 0.25) is 17.6 Å². The number of carbonyl (C=O) groups excluding carboxylic acids is 5. The molecule has 56 heavy (non-hydrogen) atoms. The van der Waals surface area contributed by atoms with Gasteiger partial charge in [0.15, 0.2) is 9.84 Å². The number of aliphatic hydroxyl groups is 1. The fraction of sp³-hybridized carbons (Fsp3) is 0.575. The standard InChI is InChI=1S/C40H53N7O8S/c1-39(2,53)33-23-42-45-47(33)30-22-32(36(50)44-40(18-10-5-11-19-40)34(48)37(51)41-25-56(3,54)55)46(24-30)38(52)31(20-26-12-6-4-7-13-26)43-35(49)29-17-16-27-14-8-9-15-28(27)21-29/h8-9,14-17,21,23,26,30-32,53H,4-7,10-13,18-20,22,24-25H2,1-3H3,(H,41,51)(H,43,49)(H,44,50)/t30-,31?,32-/m0/s1. The van der Waals surface area contributed by atoms with Crippen molar-refractivity contribution in [3.63, 3.8) is 0 Å². The third kappa shape index (κ3) is 9.45. The maximum absolute atomic E-state index is 15.0. The molecule has 1 unspecified atom stereocenters. The van der Waals surface area contributed by atoms with Gasteiger partial charge < -0.3 is 26.0 Å². The number of ketones is 1. The Balaban J connectivity index is 1.32. The molecule has 3 aliphatic rings. The molecule has 1 saturated heterocycles. The van der Waals surface area contributed by atoms with Crippen molar-refractivity contribution in [1.82, 2.24) is 35.8 Å². The van der Waals surface area contributed by atoms with Crippen molar-refractivity contribution in [3.05, 3.63) is 59.9 Å². The summed E-state index contributed by atoms with van der Waals surface area (Å²) >= 11 is 0. The molecule has 2 aliphatic carbocycles. The third-order valence-corrected chi connectivity index (χ3v) is 12.2. The van der Waals surface area contributed by atoms with Gasteiger partial charge in [-0.25, -0.2) is 13.1 Å². The number of Topliss-reactive ketones (excluding diaryl/α,β-unsaturated/α-hetero) is 1. The lowest BCUT2D eigenvalue weighted by Gasteiger charge is -2.38. The Labute approximate surface area is 327 Å². The van der Waals surface area contributed by atoms with Crippen LogP contribution in [0.25, 0.3) is 10.8 Å². The lowest BCUT2D eigenvalue weighted by atomic mass is 9.78. The minimum Gasteiger partial charge on any atom is -0.384 e. The molecule has 1 aliphatic heterocycles. The summed E-state index contributed by atoms with van der Waals surface area (Å²) in [4.78, 5) is 71.7. The van der Waals surface area contributed by atoms with E-state index in [1.807, 2.05) is 30.3 Å². The zero-order valence-corrected chi connectivity index (χ0v) is 33.1. The van der Waals surface area contributed by atoms with Gasteiger partial charge in [-0.05, 0) is 61.9 Å². The highest BCUT2D eigenvalue weighted by Gasteiger charge is 2.49. The molecule has 2 aromatic carbocycles. The van der Waals surface area contributed by atoms with E-state index >= 15 is 0 Å². The number of sulfone groups is 1. The van der Waals surface area contributed by atoms with Crippen molar-refractivity contribution >= 4 is 50.0 Å². The summed E-state index contributed by atoms with van der Waals surface area (Å²) in [5, 5.41) is 29.1. The average molecular weight is 792 g/mol. The second-order valence-electron chi connectivity index (χ2n) is 16.4. The predicted molar refractivity (Wildman–Crippen MR) is 208 cm³/mol. The van der Waals surface area contributed by atoms with Gasteiger partial charge in [-0.2, -0.15) is 0 Å². The number of carbonyl (C=O) groups is 5. The summed E-state index contributed by atoms with van der Waals surface area (Å²) in [6.45, 7) is 3.16. The van der Waals surface area contributed by atoms with Gasteiger partial charge >= 0.3 is 0 Å². The van der Waals surface area contributed by atoms with Crippen LogP contribution in [0.3, 0.4) is 0 Å². The topological polar surface area (TPSA) is 210 Å². The van der Waals surface area contributed by atoms with Gasteiger partial charge in [0.05, 0.1) is 17.9 Å². The molecule has 0 radical (unpaired) electrons. The quantitative estimate of drug-likeness (QED) is 0.186. The van der Waals surface area contributed by atoms with Crippen LogP contribution in [-0.4, -0.2) is 99.1 Å². The Bertz CT molecular complexity index is 2060. The predicted octanol–water partition coefficient (Wildman–Crippen LogP) is 3.08. The smallest absolute Gasteiger partial charge is 0.290 e. The first kappa shape index (κ1) is 40.9. The van der Waals surface area contributed by atoms with E-state index in [-0.39, 0.29) is 31.7 Å². The van der Waals surface area contributed by atoms with E-state index in [0.717, 1.165) is 55.6 Å². The summed E-state index contributed by atoms with van der Waals surface area (Å²) in [5.74, 6) is -4.17. The fourth-order valence-electron chi connectivity index (χ4n) is 8.56. The maximum Gasteiger partial charge on any atom is 0.290 e. The number of nitrogens with zero attached hydrogens (tertiary/aromatic N) is 4. The summed E-state index contributed by atoms with van der Waals surface area (Å²) in [6.07, 6.45) is 9.89. The minimum absolute atomic E-state index is 0.00777. The number of rotatable bonds is 13. The van der Waals surface area contributed by atoms with Crippen LogP contribution < -0.4 is 16.0 Å². The molecule has 3 atom stereocenters. The number of hydrogen-bond acceptors (Lipinski definition) is 10. The molecule has 3 fully saturated rings. The summed E-state index contributed by atoms with van der Waals surface area (Å²) < 4.78 is 25.1. The number of hydrogen-bond donors (Lipinski definition) is 4. The molecule has 4 N–H and O–H groups in total. The second-order valence-corrected chi connectivity index (χ2v) is 18.5. The van der Waals surface area contributed by atoms with Crippen LogP contribution in [0.1, 0.15) is 113 Å². The minimum atomic E-state index is -3.63. The number of likely N-dealkylation sites (tertiary alicyclic amines) is 1. The molecule has 0 spiro atoms. The monoisotopic (exact) mass is 791 g/mol. The van der Waals surface area contributed by atoms with E-state index in [1.54, 1.807) is 26.0 Å². The fourth-order valence-corrected chi connectivity index (χ4v) is 8.96. The van der Waals surface area contributed by atoms with Crippen LogP contribution in [-0.2, 0) is 34.6 Å². The van der Waals surface area contributed by atoms with Gasteiger partial charge in [0.1, 0.15) is 29.1 Å². The molecule has 2 heterocycles. The van der Waals surface area contributed by atoms with E-state index in [2.05, 4.69) is 26.3 Å². The normalized spacial score (nSPS) is 21.0. The molecular formula is C40H53N7O8S. The zero-order valence-electron chi connectivity index (χ0n) is 32.3. The first-order valence-electron chi connectivity index (χ1n) is 19.6. The maximum atomic E-state index is 15.0. The first-order valence-corrected chi connectivity index (χ1v) is 21.7. The molecule has 0 bridgehead atoms. The zero-order chi connectivity index (χ0) is 40.3. The molecule has 15 nitrogen and oxygen atoms in total. The first-order chi connectivity index (χ1) is 26.5. The highest BCUT2D eigenvalue weighted by molar-refractivity contribution is 7.90. The Morgan fingerprint density at radius 1 is 0.964 bits per heavy atom. The largest absolute Gasteiger partial charge is 0.384 e. The van der Waals surface area contributed by atoms with E-state index < -0.39 is 74.4 Å². The molecular weight excluding hydrogens is 739 g/mol. The van der Waals surface area contributed by atoms with Crippen LogP contribution in [0, 0.1) is 5.92 Å². The third-order valence-electron chi connectivity index (χ3n) is 11.5. The molecule has 302 valence electrons. The summed E-state index contributed by atoms with van der Waals surface area (Å²) in [6, 6.07) is 10.3. The Morgan fingerprint density at radius 2 is 1.64 bits per heavy atom. The van der Waals surface area contributed by atoms with Crippen LogP contribution in [0.5, 0.6) is 0 Å². The lowest BCUT2D eigenvalue weighted by Crippen LogP contribution is -2.63. The van der Waals surface area contributed by atoms with Crippen LogP contribution in [0.2, 0.25) is 0 Å². The van der Waals surface area contributed by atoms with Gasteiger partial charge in [0.25, 0.3) is 11.8 Å². The highest BCUT2D eigenvalue weighted by atomic mass is 32.2. The summed E-state index contributed by atoms with van der Waals surface area (Å²) in [5.41, 5.74) is -2.20. The molecule has 6 rings (SSSR count). The van der Waals surface area contributed by atoms with Crippen molar-refractivity contribution < 1.29 is 37.5 Å². The SMILES string of the molecule is CC(C)(O)c1cnnn1[C@H]1C[C@@H](C(=O)NC2(C(=O)C(=O)NCS(C)(=O)=O)CCCCC2)N(C(=O)C(CC2CCCCC2)NC(=O)c2ccc3ccccc3c2)C1. The van der Waals surface area contributed by atoms with Crippen molar-refractivity contribution in [3.8, 4) is 0 Å². The van der Waals surface area contributed by atoms with E-state index in [9.17, 15) is 37.5 Å². The molecule has 16 heteroatoms. The van der Waals surface area contributed by atoms with E-state index in [1.165, 1.54) is 15.8 Å². The van der Waals surface area contributed by atoms with Crippen molar-refractivity contribution in [1.29, 1.82) is 0 Å². The molecule has 4 amide bonds. The number of nitrogens with one attached hydrogen (secondary N) is 3. The van der Waals surface area contributed by atoms with Crippen LogP contribution in [0.15, 0.2) is 48.7 Å². The average Bonchev–Trinajstić information content (AvgIpc) is 3.85. The van der Waals surface area contributed by atoms with Crippen LogP contribution in [0.4, 0.5) is 0 Å². The van der Waals surface area contributed by atoms with Crippen molar-refractivity contribution in [2.75, 3.05) is 18.7 Å². The summed E-state index contributed by atoms with van der Waals surface area (Å²) in [7, 11) is -3.63. The Morgan fingerprint density at radius 3 is 2.32 bits per heavy atom. The number of aromatic nitrogens is 3. The number of benzene rings is 2. The second kappa shape index (κ2) is 16.8. The van der Waals surface area contributed by atoms with E-state index in [4.69, 9.17) is 0 Å². The Kier molecular flexibility index (Phi) is 12.3. The van der Waals surface area contributed by atoms with Crippen molar-refractivity contribution in [2.24, 2.45) is 5.92 Å². The van der Waals surface area contributed by atoms with Gasteiger partial charge in [0, 0.05) is 24.8 Å². The highest BCUT2D eigenvalue weighted by Crippen LogP contribution is 2.35. The number of fused-ring (bicyclic) bond motifs is 1. The Hall–Kier alpha value is -4.70. The molecule has 1 aromatic heterocycles. The number of amides is 4. The lowest BCUT2D eigenvalue weighted by molar-refractivity contribution is -0.146. The van der Waals surface area contributed by atoms with Gasteiger partial charge in [-0.1, -0.05) is 86.9 Å². The van der Waals surface area contributed by atoms with Crippen molar-refractivity contribution in [2.45, 2.75) is 120 Å². The van der Waals surface area contributed by atoms with Crippen LogP contribution >= 0.6 is 0 Å². The molecule has 2 saturated carbocycles. The van der Waals surface area contributed by atoms with Gasteiger partial charge in [-0.15, -0.1) is 5.10 Å². The molecule has 3 aromatic rings. The van der Waals surface area contributed by atoms with Gasteiger partial charge in [-0.3, -0.25) is 24.0 Å².